The van der Waals surface area contributed by atoms with Crippen LogP contribution in [0.2, 0.25) is 0 Å². The minimum absolute atomic E-state index is 0.0796. The fourth-order valence-corrected chi connectivity index (χ4v) is 4.71. The lowest BCUT2D eigenvalue weighted by atomic mass is 9.50. The van der Waals surface area contributed by atoms with Crippen LogP contribution < -0.4 is 9.47 Å². The molecule has 2 aromatic heterocycles. The molecule has 4 rings (SSSR count). The van der Waals surface area contributed by atoms with Crippen LogP contribution in [0, 0.1) is 5.92 Å². The van der Waals surface area contributed by atoms with Gasteiger partial charge < -0.3 is 9.47 Å². The number of nitrogens with zero attached hydrogens (tertiary/aromatic N) is 4. The first-order valence-corrected chi connectivity index (χ1v) is 10.9. The molecule has 0 saturated heterocycles. The predicted molar refractivity (Wildman–Crippen MR) is 128 cm³/mol. The molecule has 2 atom stereocenters. The Balaban J connectivity index is 1.85. The van der Waals surface area contributed by atoms with Gasteiger partial charge in [0.1, 0.15) is 0 Å². The zero-order chi connectivity index (χ0) is 23.2. The number of allylic oxidation sites excluding steroid dienone is 5. The van der Waals surface area contributed by atoms with Crippen molar-refractivity contribution in [3.8, 4) is 12.0 Å². The molecule has 6 nitrogen and oxygen atoms in total. The summed E-state index contributed by atoms with van der Waals surface area (Å²) in [5.74, 6) is 0.384. The lowest BCUT2D eigenvalue weighted by Gasteiger charge is -2.52. The second-order valence-electron chi connectivity index (χ2n) is 7.91. The second kappa shape index (κ2) is 10.2. The standard InChI is InChI=1S/C27H28N4O2/c1-5-6-8-11-18(2)22-24(20-14-16-28-26(30-20)32-3)23(19-12-9-7-10-13-19)25(22)21-15-17-29-27(31-21)33-4/h5-17,22-25H,2H2,1,3-4H3. The minimum Gasteiger partial charge on any atom is -0.467 e. The molecule has 1 fully saturated rings. The molecule has 0 bridgehead atoms. The highest BCUT2D eigenvalue weighted by Crippen LogP contribution is 2.64. The van der Waals surface area contributed by atoms with Crippen molar-refractivity contribution in [3.63, 3.8) is 0 Å². The molecule has 2 unspecified atom stereocenters. The molecule has 3 aromatic rings. The molecule has 168 valence electrons. The fourth-order valence-electron chi connectivity index (χ4n) is 4.71. The molecule has 0 N–H and O–H groups in total. The topological polar surface area (TPSA) is 70.0 Å². The van der Waals surface area contributed by atoms with Gasteiger partial charge in [0, 0.05) is 36.1 Å². The van der Waals surface area contributed by atoms with E-state index in [-0.39, 0.29) is 23.7 Å². The largest absolute Gasteiger partial charge is 0.467 e. The number of hydrogen-bond donors (Lipinski definition) is 0. The van der Waals surface area contributed by atoms with Gasteiger partial charge in [0.25, 0.3) is 0 Å². The average molecular weight is 441 g/mol. The van der Waals surface area contributed by atoms with Crippen LogP contribution in [0.1, 0.15) is 41.6 Å². The Bertz CT molecular complexity index is 1100. The van der Waals surface area contributed by atoms with Gasteiger partial charge in [-0.25, -0.2) is 9.97 Å². The Morgan fingerprint density at radius 1 is 0.818 bits per heavy atom. The second-order valence-corrected chi connectivity index (χ2v) is 7.91. The van der Waals surface area contributed by atoms with E-state index in [1.807, 2.05) is 43.4 Å². The van der Waals surface area contributed by atoms with E-state index in [9.17, 15) is 0 Å². The van der Waals surface area contributed by atoms with Crippen LogP contribution in [-0.2, 0) is 0 Å². The van der Waals surface area contributed by atoms with Gasteiger partial charge in [0.05, 0.1) is 25.6 Å². The summed E-state index contributed by atoms with van der Waals surface area (Å²) in [5, 5.41) is 0. The van der Waals surface area contributed by atoms with Crippen LogP contribution in [0.15, 0.2) is 91.3 Å². The van der Waals surface area contributed by atoms with Crippen LogP contribution in [0.5, 0.6) is 12.0 Å². The van der Waals surface area contributed by atoms with E-state index in [1.54, 1.807) is 26.6 Å². The zero-order valence-electron chi connectivity index (χ0n) is 19.1. The number of methoxy groups -OCH3 is 2. The average Bonchev–Trinajstić information content (AvgIpc) is 2.84. The quantitative estimate of drug-likeness (QED) is 0.446. The summed E-state index contributed by atoms with van der Waals surface area (Å²) in [7, 11) is 3.17. The van der Waals surface area contributed by atoms with Crippen molar-refractivity contribution >= 4 is 0 Å². The first kappa shape index (κ1) is 22.4. The maximum atomic E-state index is 5.33. The molecular formula is C27H28N4O2. The third kappa shape index (κ3) is 4.55. The summed E-state index contributed by atoms with van der Waals surface area (Å²) in [4.78, 5) is 17.8. The first-order chi connectivity index (χ1) is 16.2. The number of aromatic nitrogens is 4. The minimum atomic E-state index is 0.0796. The Kier molecular flexibility index (Phi) is 6.93. The van der Waals surface area contributed by atoms with Crippen LogP contribution in [0.4, 0.5) is 0 Å². The molecule has 0 radical (unpaired) electrons. The van der Waals surface area contributed by atoms with Gasteiger partial charge >= 0.3 is 12.0 Å². The lowest BCUT2D eigenvalue weighted by Crippen LogP contribution is -2.43. The normalized spacial score (nSPS) is 22.3. The zero-order valence-corrected chi connectivity index (χ0v) is 19.1. The van der Waals surface area contributed by atoms with Crippen molar-refractivity contribution in [3.05, 3.63) is 108 Å². The molecule has 0 amide bonds. The number of ether oxygens (including phenoxy) is 2. The molecule has 2 heterocycles. The van der Waals surface area contributed by atoms with E-state index in [0.717, 1.165) is 17.0 Å². The predicted octanol–water partition coefficient (Wildman–Crippen LogP) is 5.25. The van der Waals surface area contributed by atoms with Crippen molar-refractivity contribution in [2.24, 2.45) is 5.92 Å². The molecule has 0 spiro atoms. The van der Waals surface area contributed by atoms with E-state index in [0.29, 0.717) is 12.0 Å². The van der Waals surface area contributed by atoms with Crippen LogP contribution in [0.25, 0.3) is 0 Å². The SMILES string of the molecule is C=C(C=CC=CC)C1C(c2ccnc(OC)n2)C(c2ccccc2)C1c1ccnc(OC)n1. The molecule has 1 aliphatic rings. The van der Waals surface area contributed by atoms with E-state index in [2.05, 4.69) is 46.9 Å². The van der Waals surface area contributed by atoms with Gasteiger partial charge in [-0.2, -0.15) is 9.97 Å². The molecule has 1 saturated carbocycles. The summed E-state index contributed by atoms with van der Waals surface area (Å²) >= 11 is 0. The monoisotopic (exact) mass is 440 g/mol. The highest BCUT2D eigenvalue weighted by molar-refractivity contribution is 5.44. The Hall–Kier alpha value is -3.80. The smallest absolute Gasteiger partial charge is 0.316 e. The molecule has 1 aliphatic carbocycles. The van der Waals surface area contributed by atoms with Crippen molar-refractivity contribution in [2.45, 2.75) is 24.7 Å². The summed E-state index contributed by atoms with van der Waals surface area (Å²) in [6.07, 6.45) is 11.6. The molecule has 1 aromatic carbocycles. The summed E-state index contributed by atoms with van der Waals surface area (Å²) in [6, 6.07) is 15.2. The maximum absolute atomic E-state index is 5.33. The first-order valence-electron chi connectivity index (χ1n) is 10.9. The van der Waals surface area contributed by atoms with Gasteiger partial charge in [-0.05, 0) is 24.6 Å². The summed E-state index contributed by atoms with van der Waals surface area (Å²) in [5.41, 5.74) is 4.10. The Morgan fingerprint density at radius 3 is 1.91 bits per heavy atom. The van der Waals surface area contributed by atoms with Crippen LogP contribution >= 0.6 is 0 Å². The van der Waals surface area contributed by atoms with Gasteiger partial charge in [0.2, 0.25) is 0 Å². The van der Waals surface area contributed by atoms with E-state index < -0.39 is 0 Å². The van der Waals surface area contributed by atoms with E-state index in [1.165, 1.54) is 5.56 Å². The van der Waals surface area contributed by atoms with Gasteiger partial charge in [-0.15, -0.1) is 0 Å². The van der Waals surface area contributed by atoms with E-state index >= 15 is 0 Å². The molecule has 6 heteroatoms. The Morgan fingerprint density at radius 2 is 1.39 bits per heavy atom. The molecular weight excluding hydrogens is 412 g/mol. The highest BCUT2D eigenvalue weighted by Gasteiger charge is 2.54. The maximum Gasteiger partial charge on any atom is 0.316 e. The third-order valence-corrected chi connectivity index (χ3v) is 6.13. The Labute approximate surface area is 194 Å². The van der Waals surface area contributed by atoms with Gasteiger partial charge in [-0.1, -0.05) is 66.8 Å². The van der Waals surface area contributed by atoms with Crippen molar-refractivity contribution < 1.29 is 9.47 Å². The van der Waals surface area contributed by atoms with Gasteiger partial charge in [0.15, 0.2) is 0 Å². The summed E-state index contributed by atoms with van der Waals surface area (Å²) in [6.45, 7) is 6.44. The van der Waals surface area contributed by atoms with Crippen molar-refractivity contribution in [1.82, 2.24) is 19.9 Å². The number of hydrogen-bond acceptors (Lipinski definition) is 6. The van der Waals surface area contributed by atoms with Crippen molar-refractivity contribution in [1.29, 1.82) is 0 Å². The van der Waals surface area contributed by atoms with Crippen LogP contribution in [-0.4, -0.2) is 34.2 Å². The van der Waals surface area contributed by atoms with Gasteiger partial charge in [-0.3, -0.25) is 0 Å². The molecule has 0 aliphatic heterocycles. The van der Waals surface area contributed by atoms with E-state index in [4.69, 9.17) is 19.4 Å². The van der Waals surface area contributed by atoms with Crippen LogP contribution in [0.3, 0.4) is 0 Å². The lowest BCUT2D eigenvalue weighted by molar-refractivity contribution is 0.183. The number of benzene rings is 1. The molecule has 33 heavy (non-hydrogen) atoms. The fraction of sp³-hybridized carbons (Fsp3) is 0.259. The van der Waals surface area contributed by atoms with Crippen molar-refractivity contribution in [2.75, 3.05) is 14.2 Å². The number of rotatable bonds is 8. The third-order valence-electron chi connectivity index (χ3n) is 6.13. The summed E-state index contributed by atoms with van der Waals surface area (Å²) < 4.78 is 10.7. The highest BCUT2D eigenvalue weighted by atomic mass is 16.5.